The molecule has 0 radical (unpaired) electrons. The Kier molecular flexibility index (Phi) is 4.27. The van der Waals surface area contributed by atoms with E-state index < -0.39 is 18.0 Å². The highest BCUT2D eigenvalue weighted by Gasteiger charge is 2.35. The summed E-state index contributed by atoms with van der Waals surface area (Å²) >= 11 is 0. The molecule has 23 heavy (non-hydrogen) atoms. The van der Waals surface area contributed by atoms with Gasteiger partial charge in [0, 0.05) is 12.6 Å². The lowest BCUT2D eigenvalue weighted by Gasteiger charge is -2.25. The van der Waals surface area contributed by atoms with Gasteiger partial charge in [-0.3, -0.25) is 14.9 Å². The molecule has 2 aliphatic heterocycles. The Bertz CT molecular complexity index is 649. The number of amides is 4. The minimum Gasteiger partial charge on any atom is -0.339 e. The van der Waals surface area contributed by atoms with Crippen LogP contribution in [0.1, 0.15) is 24.8 Å². The Balaban J connectivity index is 1.63. The highest BCUT2D eigenvalue weighted by atomic mass is 19.1. The van der Waals surface area contributed by atoms with Crippen LogP contribution in [0.2, 0.25) is 0 Å². The zero-order valence-corrected chi connectivity index (χ0v) is 12.5. The fourth-order valence-corrected chi connectivity index (χ4v) is 3.21. The number of imide groups is 1. The Morgan fingerprint density at radius 2 is 2.17 bits per heavy atom. The van der Waals surface area contributed by atoms with Crippen molar-refractivity contribution < 1.29 is 18.8 Å². The molecule has 2 unspecified atom stereocenters. The average Bonchev–Trinajstić information content (AvgIpc) is 3.06. The molecule has 122 valence electrons. The normalized spacial score (nSPS) is 23.8. The number of benzene rings is 1. The minimum atomic E-state index is -0.801. The highest BCUT2D eigenvalue weighted by molar-refractivity contribution is 6.05. The molecule has 2 saturated heterocycles. The number of likely N-dealkylation sites (tertiary alicyclic amines) is 1. The third-order valence-corrected chi connectivity index (χ3v) is 4.30. The maximum absolute atomic E-state index is 13.3. The summed E-state index contributed by atoms with van der Waals surface area (Å²) in [4.78, 5) is 36.8. The molecule has 2 atom stereocenters. The smallest absolute Gasteiger partial charge is 0.322 e. The molecule has 2 N–H and O–H groups in total. The predicted octanol–water partition coefficient (Wildman–Crippen LogP) is 0.957. The molecule has 2 heterocycles. The Hall–Kier alpha value is -2.44. The molecule has 0 bridgehead atoms. The molecule has 0 aliphatic carbocycles. The van der Waals surface area contributed by atoms with Crippen molar-refractivity contribution in [3.05, 3.63) is 35.6 Å². The lowest BCUT2D eigenvalue weighted by Crippen LogP contribution is -2.41. The molecule has 4 amide bonds. The van der Waals surface area contributed by atoms with Crippen molar-refractivity contribution in [2.24, 2.45) is 0 Å². The number of carbonyl (C=O) groups is 3. The van der Waals surface area contributed by atoms with Crippen molar-refractivity contribution >= 4 is 17.8 Å². The summed E-state index contributed by atoms with van der Waals surface area (Å²) in [5.41, 5.74) is 0.849. The lowest BCUT2D eigenvalue weighted by atomic mass is 10.0. The third kappa shape index (κ3) is 3.49. The maximum atomic E-state index is 13.3. The summed E-state index contributed by atoms with van der Waals surface area (Å²) in [5, 5.41) is 4.55. The van der Waals surface area contributed by atoms with Crippen molar-refractivity contribution in [2.45, 2.75) is 37.8 Å². The van der Waals surface area contributed by atoms with Crippen molar-refractivity contribution in [3.8, 4) is 0 Å². The Labute approximate surface area is 133 Å². The summed E-state index contributed by atoms with van der Waals surface area (Å²) in [6, 6.07) is 5.01. The summed E-state index contributed by atoms with van der Waals surface area (Å²) in [6.45, 7) is 0.626. The number of halogens is 1. The summed E-state index contributed by atoms with van der Waals surface area (Å²) in [7, 11) is 0. The molecule has 2 fully saturated rings. The van der Waals surface area contributed by atoms with E-state index in [1.165, 1.54) is 12.1 Å². The number of nitrogens with one attached hydrogen (secondary N) is 2. The molecule has 1 aromatic rings. The number of hydrogen-bond acceptors (Lipinski definition) is 3. The van der Waals surface area contributed by atoms with Crippen LogP contribution in [0.3, 0.4) is 0 Å². The highest BCUT2D eigenvalue weighted by Crippen LogP contribution is 2.23. The summed E-state index contributed by atoms with van der Waals surface area (Å²) in [5.74, 6) is -0.917. The zero-order chi connectivity index (χ0) is 16.4. The molecule has 7 heteroatoms. The van der Waals surface area contributed by atoms with Crippen molar-refractivity contribution in [1.82, 2.24) is 15.5 Å². The van der Waals surface area contributed by atoms with Gasteiger partial charge in [0.2, 0.25) is 5.91 Å². The van der Waals surface area contributed by atoms with E-state index in [1.54, 1.807) is 11.0 Å². The Morgan fingerprint density at radius 1 is 1.35 bits per heavy atom. The molecule has 0 aromatic heterocycles. The average molecular weight is 319 g/mol. The maximum Gasteiger partial charge on any atom is 0.322 e. The standard InChI is InChI=1S/C16H18FN3O3/c17-11-4-1-3-10(7-11)8-12-5-2-6-20(12)14(21)9-13-15(22)19-16(23)18-13/h1,3-4,7,12-13H,2,5-6,8-9H2,(H2,18,19,22,23). The molecular weight excluding hydrogens is 301 g/mol. The van der Waals surface area contributed by atoms with Gasteiger partial charge in [-0.25, -0.2) is 9.18 Å². The quantitative estimate of drug-likeness (QED) is 0.811. The lowest BCUT2D eigenvalue weighted by molar-refractivity contribution is -0.134. The van der Waals surface area contributed by atoms with Gasteiger partial charge >= 0.3 is 6.03 Å². The van der Waals surface area contributed by atoms with E-state index in [9.17, 15) is 18.8 Å². The number of urea groups is 1. The SMILES string of the molecule is O=C1NC(=O)C(CC(=O)N2CCCC2Cc2cccc(F)c2)N1. The first-order chi connectivity index (χ1) is 11.0. The van der Waals surface area contributed by atoms with E-state index in [1.807, 2.05) is 6.07 Å². The van der Waals surface area contributed by atoms with Gasteiger partial charge in [-0.05, 0) is 37.0 Å². The van der Waals surface area contributed by atoms with Crippen LogP contribution in [0, 0.1) is 5.82 Å². The van der Waals surface area contributed by atoms with Crippen LogP contribution in [0.5, 0.6) is 0 Å². The number of carbonyl (C=O) groups excluding carboxylic acids is 3. The fraction of sp³-hybridized carbons (Fsp3) is 0.438. The first kappa shape index (κ1) is 15.5. The largest absolute Gasteiger partial charge is 0.339 e. The van der Waals surface area contributed by atoms with E-state index in [-0.39, 0.29) is 24.2 Å². The van der Waals surface area contributed by atoms with Crippen LogP contribution >= 0.6 is 0 Å². The second-order valence-corrected chi connectivity index (χ2v) is 5.94. The molecule has 0 saturated carbocycles. The van der Waals surface area contributed by atoms with Gasteiger partial charge in [-0.1, -0.05) is 12.1 Å². The van der Waals surface area contributed by atoms with Gasteiger partial charge < -0.3 is 10.2 Å². The van der Waals surface area contributed by atoms with Crippen molar-refractivity contribution in [3.63, 3.8) is 0 Å². The van der Waals surface area contributed by atoms with E-state index in [0.717, 1.165) is 18.4 Å². The second-order valence-electron chi connectivity index (χ2n) is 5.94. The number of rotatable bonds is 4. The van der Waals surface area contributed by atoms with Crippen molar-refractivity contribution in [1.29, 1.82) is 0 Å². The van der Waals surface area contributed by atoms with Gasteiger partial charge in [0.15, 0.2) is 0 Å². The van der Waals surface area contributed by atoms with Crippen LogP contribution < -0.4 is 10.6 Å². The van der Waals surface area contributed by atoms with E-state index in [0.29, 0.717) is 13.0 Å². The van der Waals surface area contributed by atoms with Crippen LogP contribution in [-0.2, 0) is 16.0 Å². The summed E-state index contributed by atoms with van der Waals surface area (Å²) < 4.78 is 13.3. The molecule has 3 rings (SSSR count). The summed E-state index contributed by atoms with van der Waals surface area (Å²) in [6.07, 6.45) is 2.28. The van der Waals surface area contributed by atoms with Crippen molar-refractivity contribution in [2.75, 3.05) is 6.54 Å². The van der Waals surface area contributed by atoms with Gasteiger partial charge in [0.25, 0.3) is 5.91 Å². The van der Waals surface area contributed by atoms with Gasteiger partial charge in [-0.15, -0.1) is 0 Å². The molecule has 1 aromatic carbocycles. The third-order valence-electron chi connectivity index (χ3n) is 4.30. The van der Waals surface area contributed by atoms with E-state index >= 15 is 0 Å². The van der Waals surface area contributed by atoms with Gasteiger partial charge in [0.05, 0.1) is 6.42 Å². The number of nitrogens with zero attached hydrogens (tertiary/aromatic N) is 1. The zero-order valence-electron chi connectivity index (χ0n) is 12.5. The molecule has 2 aliphatic rings. The second kappa shape index (κ2) is 6.36. The van der Waals surface area contributed by atoms with E-state index in [4.69, 9.17) is 0 Å². The van der Waals surface area contributed by atoms with Crippen LogP contribution in [-0.4, -0.2) is 41.4 Å². The van der Waals surface area contributed by atoms with Crippen LogP contribution in [0.4, 0.5) is 9.18 Å². The molecule has 0 spiro atoms. The monoisotopic (exact) mass is 319 g/mol. The molecular formula is C16H18FN3O3. The topological polar surface area (TPSA) is 78.5 Å². The first-order valence-electron chi connectivity index (χ1n) is 7.68. The van der Waals surface area contributed by atoms with Crippen LogP contribution in [0.25, 0.3) is 0 Å². The van der Waals surface area contributed by atoms with E-state index in [2.05, 4.69) is 10.6 Å². The Morgan fingerprint density at radius 3 is 2.87 bits per heavy atom. The van der Waals surface area contributed by atoms with Crippen LogP contribution in [0.15, 0.2) is 24.3 Å². The predicted molar refractivity (Wildman–Crippen MR) is 79.9 cm³/mol. The fourth-order valence-electron chi connectivity index (χ4n) is 3.21. The van der Waals surface area contributed by atoms with Gasteiger partial charge in [0.1, 0.15) is 11.9 Å². The first-order valence-corrected chi connectivity index (χ1v) is 7.68. The number of hydrogen-bond donors (Lipinski definition) is 2. The minimum absolute atomic E-state index is 0.00414. The van der Waals surface area contributed by atoms with Gasteiger partial charge in [-0.2, -0.15) is 0 Å². The molecule has 6 nitrogen and oxygen atoms in total.